The number of nitrogen functional groups attached to an aromatic ring is 1. The van der Waals surface area contributed by atoms with Crippen molar-refractivity contribution in [2.45, 2.75) is 0 Å². The lowest BCUT2D eigenvalue weighted by molar-refractivity contribution is 0.412. The molecule has 0 fully saturated rings. The molecule has 0 aliphatic carbocycles. The lowest BCUT2D eigenvalue weighted by Crippen LogP contribution is -1.93. The fourth-order valence-corrected chi connectivity index (χ4v) is 0.995. The number of nitrogens with two attached hydrogens (primary N) is 1. The predicted octanol–water partition coefficient (Wildman–Crippen LogP) is 1.43. The average molecular weight is 203 g/mol. The maximum Gasteiger partial charge on any atom is 0.141 e. The molecule has 0 bridgehead atoms. The van der Waals surface area contributed by atoms with E-state index < -0.39 is 0 Å². The zero-order valence-electron chi connectivity index (χ0n) is 5.47. The lowest BCUT2D eigenvalue weighted by Gasteiger charge is -2.02. The van der Waals surface area contributed by atoms with E-state index in [0.29, 0.717) is 16.0 Å². The van der Waals surface area contributed by atoms with Gasteiger partial charge in [0.15, 0.2) is 0 Å². The summed E-state index contributed by atoms with van der Waals surface area (Å²) < 4.78 is 5.66. The molecule has 0 spiro atoms. The van der Waals surface area contributed by atoms with Gasteiger partial charge in [0, 0.05) is 6.20 Å². The van der Waals surface area contributed by atoms with Gasteiger partial charge in [-0.15, -0.1) is 0 Å². The van der Waals surface area contributed by atoms with Crippen molar-refractivity contribution in [3.8, 4) is 5.75 Å². The van der Waals surface area contributed by atoms with Crippen LogP contribution in [0.3, 0.4) is 0 Å². The number of nitrogens with zero attached hydrogens (tertiary/aromatic N) is 1. The molecule has 1 aromatic heterocycles. The van der Waals surface area contributed by atoms with Crippen LogP contribution in [-0.4, -0.2) is 12.1 Å². The number of halogens is 1. The highest BCUT2D eigenvalue weighted by Gasteiger charge is 2.01. The van der Waals surface area contributed by atoms with Gasteiger partial charge in [0.1, 0.15) is 16.0 Å². The minimum absolute atomic E-state index is 0.444. The van der Waals surface area contributed by atoms with Gasteiger partial charge in [0.25, 0.3) is 0 Å². The molecule has 0 aliphatic rings. The van der Waals surface area contributed by atoms with Crippen LogP contribution in [0.5, 0.6) is 5.75 Å². The van der Waals surface area contributed by atoms with E-state index in [4.69, 9.17) is 10.5 Å². The van der Waals surface area contributed by atoms with E-state index in [1.807, 2.05) is 0 Å². The van der Waals surface area contributed by atoms with E-state index in [0.717, 1.165) is 0 Å². The Morgan fingerprint density at radius 2 is 2.40 bits per heavy atom. The standard InChI is InChI=1S/C6H7BrN2O/c1-10-4-2-3-9-6(8)5(4)7/h2-3H,1H3,(H2,8,9). The van der Waals surface area contributed by atoms with Crippen molar-refractivity contribution in [2.75, 3.05) is 12.8 Å². The van der Waals surface area contributed by atoms with Gasteiger partial charge in [-0.3, -0.25) is 0 Å². The molecular weight excluding hydrogens is 196 g/mol. The molecule has 1 heterocycles. The van der Waals surface area contributed by atoms with Crippen LogP contribution < -0.4 is 10.5 Å². The highest BCUT2D eigenvalue weighted by atomic mass is 79.9. The summed E-state index contributed by atoms with van der Waals surface area (Å²) in [5, 5.41) is 0. The molecule has 0 amide bonds. The molecule has 10 heavy (non-hydrogen) atoms. The normalized spacial score (nSPS) is 9.40. The van der Waals surface area contributed by atoms with Gasteiger partial charge >= 0.3 is 0 Å². The second kappa shape index (κ2) is 2.88. The predicted molar refractivity (Wildman–Crippen MR) is 42.9 cm³/mol. The lowest BCUT2D eigenvalue weighted by atomic mass is 10.4. The van der Waals surface area contributed by atoms with Crippen LogP contribution in [0.25, 0.3) is 0 Å². The number of hydrogen-bond acceptors (Lipinski definition) is 3. The van der Waals surface area contributed by atoms with E-state index in [-0.39, 0.29) is 0 Å². The summed E-state index contributed by atoms with van der Waals surface area (Å²) in [6.07, 6.45) is 1.60. The number of rotatable bonds is 1. The summed E-state index contributed by atoms with van der Waals surface area (Å²) >= 11 is 3.23. The molecule has 0 saturated heterocycles. The minimum Gasteiger partial charge on any atom is -0.495 e. The smallest absolute Gasteiger partial charge is 0.141 e. The van der Waals surface area contributed by atoms with E-state index in [2.05, 4.69) is 20.9 Å². The Morgan fingerprint density at radius 1 is 1.70 bits per heavy atom. The van der Waals surface area contributed by atoms with Crippen LogP contribution in [0, 0.1) is 0 Å². The Labute approximate surface area is 67.3 Å². The van der Waals surface area contributed by atoms with Crippen LogP contribution in [0.1, 0.15) is 0 Å². The van der Waals surface area contributed by atoms with Crippen LogP contribution in [-0.2, 0) is 0 Å². The highest BCUT2D eigenvalue weighted by Crippen LogP contribution is 2.27. The zero-order valence-corrected chi connectivity index (χ0v) is 7.05. The number of methoxy groups -OCH3 is 1. The van der Waals surface area contributed by atoms with E-state index >= 15 is 0 Å². The summed E-state index contributed by atoms with van der Waals surface area (Å²) in [5.74, 6) is 1.15. The number of pyridine rings is 1. The first-order valence-electron chi connectivity index (χ1n) is 2.69. The third kappa shape index (κ3) is 1.21. The Bertz CT molecular complexity index is 239. The molecule has 0 saturated carbocycles. The maximum atomic E-state index is 5.46. The van der Waals surface area contributed by atoms with Gasteiger partial charge in [-0.2, -0.15) is 0 Å². The van der Waals surface area contributed by atoms with Gasteiger partial charge < -0.3 is 10.5 Å². The SMILES string of the molecule is COc1ccnc(N)c1Br. The molecule has 0 unspecified atom stereocenters. The molecular formula is C6H7BrN2O. The topological polar surface area (TPSA) is 48.1 Å². The van der Waals surface area contributed by atoms with Gasteiger partial charge in [0.05, 0.1) is 7.11 Å². The molecule has 1 aromatic rings. The van der Waals surface area contributed by atoms with E-state index in [1.54, 1.807) is 19.4 Å². The third-order valence-electron chi connectivity index (χ3n) is 1.10. The maximum absolute atomic E-state index is 5.46. The number of anilines is 1. The second-order valence-electron chi connectivity index (χ2n) is 1.71. The Hall–Kier alpha value is -0.770. The van der Waals surface area contributed by atoms with Gasteiger partial charge in [-0.25, -0.2) is 4.98 Å². The molecule has 4 heteroatoms. The Balaban J connectivity index is 3.14. The monoisotopic (exact) mass is 202 g/mol. The quantitative estimate of drug-likeness (QED) is 0.750. The van der Waals surface area contributed by atoms with E-state index in [1.165, 1.54) is 0 Å². The van der Waals surface area contributed by atoms with Crippen LogP contribution in [0.2, 0.25) is 0 Å². The average Bonchev–Trinajstić information content (AvgIpc) is 1.95. The second-order valence-corrected chi connectivity index (χ2v) is 2.51. The van der Waals surface area contributed by atoms with Gasteiger partial charge in [-0.05, 0) is 22.0 Å². The van der Waals surface area contributed by atoms with Crippen LogP contribution in [0.15, 0.2) is 16.7 Å². The van der Waals surface area contributed by atoms with E-state index in [9.17, 15) is 0 Å². The molecule has 2 N–H and O–H groups in total. The summed E-state index contributed by atoms with van der Waals surface area (Å²) in [6, 6.07) is 1.74. The summed E-state index contributed by atoms with van der Waals surface area (Å²) in [4.78, 5) is 3.84. The largest absolute Gasteiger partial charge is 0.495 e. The first kappa shape index (κ1) is 7.34. The molecule has 0 aliphatic heterocycles. The molecule has 54 valence electrons. The van der Waals surface area contributed by atoms with Gasteiger partial charge in [-0.1, -0.05) is 0 Å². The van der Waals surface area contributed by atoms with Crippen molar-refractivity contribution >= 4 is 21.7 Å². The number of ether oxygens (including phenoxy) is 1. The Morgan fingerprint density at radius 3 is 2.90 bits per heavy atom. The van der Waals surface area contributed by atoms with Crippen molar-refractivity contribution in [2.24, 2.45) is 0 Å². The zero-order chi connectivity index (χ0) is 7.56. The molecule has 0 atom stereocenters. The summed E-state index contributed by atoms with van der Waals surface area (Å²) in [7, 11) is 1.58. The third-order valence-corrected chi connectivity index (χ3v) is 1.90. The summed E-state index contributed by atoms with van der Waals surface area (Å²) in [6.45, 7) is 0. The fourth-order valence-electron chi connectivity index (χ4n) is 0.599. The first-order valence-corrected chi connectivity index (χ1v) is 3.49. The number of hydrogen-bond donors (Lipinski definition) is 1. The van der Waals surface area contributed by atoms with Crippen molar-refractivity contribution < 1.29 is 4.74 Å². The summed E-state index contributed by atoms with van der Waals surface area (Å²) in [5.41, 5.74) is 5.46. The molecule has 1 rings (SSSR count). The van der Waals surface area contributed by atoms with Crippen molar-refractivity contribution in [3.05, 3.63) is 16.7 Å². The van der Waals surface area contributed by atoms with Crippen molar-refractivity contribution in [1.29, 1.82) is 0 Å². The highest BCUT2D eigenvalue weighted by molar-refractivity contribution is 9.10. The number of aromatic nitrogens is 1. The molecule has 3 nitrogen and oxygen atoms in total. The Kier molecular flexibility index (Phi) is 2.11. The van der Waals surface area contributed by atoms with Gasteiger partial charge in [0.2, 0.25) is 0 Å². The molecule has 0 radical (unpaired) electrons. The van der Waals surface area contributed by atoms with Crippen molar-refractivity contribution in [1.82, 2.24) is 4.98 Å². The molecule has 0 aromatic carbocycles. The van der Waals surface area contributed by atoms with Crippen LogP contribution >= 0.6 is 15.9 Å². The van der Waals surface area contributed by atoms with Crippen molar-refractivity contribution in [3.63, 3.8) is 0 Å². The van der Waals surface area contributed by atoms with Crippen LogP contribution in [0.4, 0.5) is 5.82 Å². The fraction of sp³-hybridized carbons (Fsp3) is 0.167. The minimum atomic E-state index is 0.444. The first-order chi connectivity index (χ1) is 4.75.